The van der Waals surface area contributed by atoms with Crippen molar-refractivity contribution < 1.29 is 9.32 Å². The van der Waals surface area contributed by atoms with Crippen LogP contribution in [0.25, 0.3) is 0 Å². The average molecular weight is 332 g/mol. The monoisotopic (exact) mass is 332 g/mol. The van der Waals surface area contributed by atoms with E-state index < -0.39 is 0 Å². The van der Waals surface area contributed by atoms with Gasteiger partial charge < -0.3 is 9.42 Å². The van der Waals surface area contributed by atoms with E-state index in [2.05, 4.69) is 15.0 Å². The lowest BCUT2D eigenvalue weighted by Crippen LogP contribution is -2.44. The quantitative estimate of drug-likeness (QED) is 0.863. The van der Waals surface area contributed by atoms with Crippen LogP contribution in [-0.4, -0.2) is 52.0 Å². The number of amides is 1. The van der Waals surface area contributed by atoms with Crippen LogP contribution in [0.1, 0.15) is 34.8 Å². The Labute approximate surface area is 139 Å². The van der Waals surface area contributed by atoms with Gasteiger partial charge >= 0.3 is 0 Å². The van der Waals surface area contributed by atoms with E-state index >= 15 is 0 Å². The molecule has 4 heterocycles. The van der Waals surface area contributed by atoms with E-state index in [4.69, 9.17) is 4.52 Å². The summed E-state index contributed by atoms with van der Waals surface area (Å²) in [6.45, 7) is 4.73. The van der Waals surface area contributed by atoms with Crippen LogP contribution < -0.4 is 0 Å². The Morgan fingerprint density at radius 2 is 2.26 bits per heavy atom. The molecule has 0 saturated carbocycles. The number of rotatable bonds is 3. The molecule has 1 unspecified atom stereocenters. The number of carbonyl (C=O) groups is 1. The van der Waals surface area contributed by atoms with Crippen molar-refractivity contribution in [3.63, 3.8) is 0 Å². The van der Waals surface area contributed by atoms with Crippen LogP contribution in [0, 0.1) is 5.41 Å². The molecule has 2 aliphatic rings. The lowest BCUT2D eigenvalue weighted by molar-refractivity contribution is 0.0644. The smallest absolute Gasteiger partial charge is 0.292 e. The van der Waals surface area contributed by atoms with E-state index in [0.29, 0.717) is 5.76 Å². The van der Waals surface area contributed by atoms with Gasteiger partial charge in [0.2, 0.25) is 5.76 Å². The SMILES string of the molecule is O=C(c1ccno1)N1CCC2(CCCN(Cc3nccs3)C2)C1. The Bertz CT molecular complexity index is 658. The number of piperidine rings is 1. The highest BCUT2D eigenvalue weighted by Gasteiger charge is 2.43. The van der Waals surface area contributed by atoms with E-state index in [0.717, 1.165) is 39.1 Å². The van der Waals surface area contributed by atoms with Gasteiger partial charge in [0.05, 0.1) is 12.7 Å². The predicted molar refractivity (Wildman–Crippen MR) is 86.1 cm³/mol. The minimum Gasteiger partial charge on any atom is -0.351 e. The largest absolute Gasteiger partial charge is 0.351 e. The second kappa shape index (κ2) is 6.05. The molecule has 0 radical (unpaired) electrons. The van der Waals surface area contributed by atoms with Gasteiger partial charge in [0.1, 0.15) is 5.01 Å². The van der Waals surface area contributed by atoms with Crippen LogP contribution in [0.3, 0.4) is 0 Å². The summed E-state index contributed by atoms with van der Waals surface area (Å²) in [6, 6.07) is 1.64. The van der Waals surface area contributed by atoms with Gasteiger partial charge in [-0.05, 0) is 25.8 Å². The third-order valence-corrected chi connectivity index (χ3v) is 5.72. The van der Waals surface area contributed by atoms with Gasteiger partial charge in [-0.25, -0.2) is 4.98 Å². The number of nitrogens with zero attached hydrogens (tertiary/aromatic N) is 4. The van der Waals surface area contributed by atoms with Crippen LogP contribution in [0.4, 0.5) is 0 Å². The van der Waals surface area contributed by atoms with Crippen LogP contribution in [0.5, 0.6) is 0 Å². The van der Waals surface area contributed by atoms with E-state index in [9.17, 15) is 4.79 Å². The van der Waals surface area contributed by atoms with Crippen molar-refractivity contribution in [2.24, 2.45) is 5.41 Å². The summed E-state index contributed by atoms with van der Waals surface area (Å²) in [6.07, 6.45) is 6.85. The fourth-order valence-corrected chi connectivity index (χ4v) is 4.55. The first-order valence-electron chi connectivity index (χ1n) is 8.05. The van der Waals surface area contributed by atoms with Gasteiger partial charge in [0.25, 0.3) is 5.91 Å². The number of hydrogen-bond acceptors (Lipinski definition) is 6. The highest BCUT2D eigenvalue weighted by Crippen LogP contribution is 2.39. The second-order valence-corrected chi connectivity index (χ2v) is 7.57. The minimum atomic E-state index is -0.0311. The van der Waals surface area contributed by atoms with Crippen molar-refractivity contribution in [3.8, 4) is 0 Å². The fourth-order valence-electron chi connectivity index (χ4n) is 3.89. The Morgan fingerprint density at radius 3 is 3.04 bits per heavy atom. The average Bonchev–Trinajstić information content (AvgIpc) is 3.28. The van der Waals surface area contributed by atoms with Crippen LogP contribution in [0.15, 0.2) is 28.4 Å². The molecule has 2 aromatic heterocycles. The van der Waals surface area contributed by atoms with Crippen molar-refractivity contribution in [2.45, 2.75) is 25.8 Å². The van der Waals surface area contributed by atoms with E-state index in [1.54, 1.807) is 17.4 Å². The maximum atomic E-state index is 12.4. The van der Waals surface area contributed by atoms with Crippen molar-refractivity contribution in [3.05, 3.63) is 34.6 Å². The van der Waals surface area contributed by atoms with Crippen molar-refractivity contribution in [1.29, 1.82) is 0 Å². The van der Waals surface area contributed by atoms with E-state index in [1.807, 2.05) is 16.5 Å². The molecule has 0 bridgehead atoms. The van der Waals surface area contributed by atoms with E-state index in [1.165, 1.54) is 24.0 Å². The molecule has 1 spiro atoms. The topological polar surface area (TPSA) is 62.5 Å². The number of thiazole rings is 1. The molecule has 0 aliphatic carbocycles. The van der Waals surface area contributed by atoms with Crippen LogP contribution >= 0.6 is 11.3 Å². The number of hydrogen-bond donors (Lipinski definition) is 0. The zero-order chi connectivity index (χ0) is 15.7. The summed E-state index contributed by atoms with van der Waals surface area (Å²) in [7, 11) is 0. The van der Waals surface area contributed by atoms with Crippen molar-refractivity contribution in [1.82, 2.24) is 19.9 Å². The predicted octanol–water partition coefficient (Wildman–Crippen LogP) is 2.26. The molecule has 2 aliphatic heterocycles. The summed E-state index contributed by atoms with van der Waals surface area (Å²) >= 11 is 1.71. The first-order valence-corrected chi connectivity index (χ1v) is 8.93. The molecule has 2 saturated heterocycles. The van der Waals surface area contributed by atoms with Crippen LogP contribution in [0.2, 0.25) is 0 Å². The fraction of sp³-hybridized carbons (Fsp3) is 0.562. The van der Waals surface area contributed by atoms with Gasteiger partial charge in [-0.15, -0.1) is 11.3 Å². The Balaban J connectivity index is 1.41. The summed E-state index contributed by atoms with van der Waals surface area (Å²) in [4.78, 5) is 21.3. The number of likely N-dealkylation sites (tertiary alicyclic amines) is 2. The molecule has 1 amide bonds. The lowest BCUT2D eigenvalue weighted by atomic mass is 9.79. The van der Waals surface area contributed by atoms with Gasteiger partial charge in [-0.1, -0.05) is 5.16 Å². The Hall–Kier alpha value is -1.73. The first-order chi connectivity index (χ1) is 11.2. The molecule has 0 N–H and O–H groups in total. The molecule has 2 fully saturated rings. The minimum absolute atomic E-state index is 0.0311. The summed E-state index contributed by atoms with van der Waals surface area (Å²) < 4.78 is 5.02. The highest BCUT2D eigenvalue weighted by molar-refractivity contribution is 7.09. The molecule has 1 atom stereocenters. The molecular formula is C16H20N4O2S. The van der Waals surface area contributed by atoms with Gasteiger partial charge in [-0.3, -0.25) is 9.69 Å². The molecule has 7 heteroatoms. The van der Waals surface area contributed by atoms with Gasteiger partial charge in [0, 0.05) is 42.7 Å². The normalized spacial score (nSPS) is 25.3. The standard InChI is InChI=1S/C16H20N4O2S/c21-15(13-2-5-18-22-13)20-8-4-16(12-20)3-1-7-19(11-16)10-14-17-6-9-23-14/h2,5-6,9H,1,3-4,7-8,10-12H2. The Kier molecular flexibility index (Phi) is 3.90. The summed E-state index contributed by atoms with van der Waals surface area (Å²) in [5.74, 6) is 0.314. The first kappa shape index (κ1) is 14.8. The zero-order valence-electron chi connectivity index (χ0n) is 13.0. The third-order valence-electron chi connectivity index (χ3n) is 4.96. The summed E-state index contributed by atoms with van der Waals surface area (Å²) in [5.41, 5.74) is 0.227. The molecular weight excluding hydrogens is 312 g/mol. The maximum Gasteiger partial charge on any atom is 0.292 e. The zero-order valence-corrected chi connectivity index (χ0v) is 13.8. The molecule has 6 nitrogen and oxygen atoms in total. The van der Waals surface area contributed by atoms with Gasteiger partial charge in [0.15, 0.2) is 0 Å². The van der Waals surface area contributed by atoms with Crippen molar-refractivity contribution in [2.75, 3.05) is 26.2 Å². The second-order valence-electron chi connectivity index (χ2n) is 6.59. The van der Waals surface area contributed by atoms with Gasteiger partial charge in [-0.2, -0.15) is 0 Å². The number of carbonyl (C=O) groups excluding carboxylic acids is 1. The maximum absolute atomic E-state index is 12.4. The molecule has 122 valence electrons. The summed E-state index contributed by atoms with van der Waals surface area (Å²) in [5, 5.41) is 6.84. The molecule has 0 aromatic carbocycles. The highest BCUT2D eigenvalue weighted by atomic mass is 32.1. The lowest BCUT2D eigenvalue weighted by Gasteiger charge is -2.40. The molecule has 2 aromatic rings. The molecule has 4 rings (SSSR count). The molecule has 23 heavy (non-hydrogen) atoms. The Morgan fingerprint density at radius 1 is 1.30 bits per heavy atom. The number of aromatic nitrogens is 2. The van der Waals surface area contributed by atoms with Crippen molar-refractivity contribution >= 4 is 17.2 Å². The van der Waals surface area contributed by atoms with E-state index in [-0.39, 0.29) is 11.3 Å². The van der Waals surface area contributed by atoms with Crippen LogP contribution in [-0.2, 0) is 6.54 Å². The third kappa shape index (κ3) is 3.03.